The molecule has 1 saturated heterocycles. The molecule has 0 aromatic carbocycles. The SMILES string of the molecule is N#CCC1(n2cc(-c3ncnc4[nH]ccc34)cn2)CN([C@H]2CC[C@@H](O)CC2)C1. The van der Waals surface area contributed by atoms with Gasteiger partial charge in [0.2, 0.25) is 0 Å². The van der Waals surface area contributed by atoms with Crippen LogP contribution < -0.4 is 0 Å². The van der Waals surface area contributed by atoms with Crippen molar-refractivity contribution in [2.24, 2.45) is 0 Å². The molecule has 5 rings (SSSR count). The number of aliphatic hydroxyl groups is 1. The lowest BCUT2D eigenvalue weighted by atomic mass is 9.82. The minimum absolute atomic E-state index is 0.145. The zero-order valence-electron chi connectivity index (χ0n) is 15.6. The molecule has 2 N–H and O–H groups in total. The molecule has 0 unspecified atom stereocenters. The summed E-state index contributed by atoms with van der Waals surface area (Å²) in [6, 6.07) is 4.83. The number of aromatic nitrogens is 5. The van der Waals surface area contributed by atoms with Crippen molar-refractivity contribution in [3.63, 3.8) is 0 Å². The van der Waals surface area contributed by atoms with Gasteiger partial charge < -0.3 is 10.1 Å². The lowest BCUT2D eigenvalue weighted by Crippen LogP contribution is -2.65. The van der Waals surface area contributed by atoms with E-state index < -0.39 is 0 Å². The average molecular weight is 377 g/mol. The highest BCUT2D eigenvalue weighted by atomic mass is 16.3. The van der Waals surface area contributed by atoms with Crippen LogP contribution >= 0.6 is 0 Å². The van der Waals surface area contributed by atoms with Crippen LogP contribution in [0.15, 0.2) is 31.0 Å². The molecular formula is C20H23N7O. The summed E-state index contributed by atoms with van der Waals surface area (Å²) in [4.78, 5) is 14.2. The van der Waals surface area contributed by atoms with E-state index in [0.717, 1.165) is 61.1 Å². The first kappa shape index (κ1) is 17.3. The fourth-order valence-corrected chi connectivity index (χ4v) is 4.68. The summed E-state index contributed by atoms with van der Waals surface area (Å²) in [6.45, 7) is 1.65. The van der Waals surface area contributed by atoms with Crippen molar-refractivity contribution in [1.82, 2.24) is 29.6 Å². The van der Waals surface area contributed by atoms with E-state index in [2.05, 4.69) is 31.0 Å². The zero-order chi connectivity index (χ0) is 19.1. The third kappa shape index (κ3) is 2.79. The first-order valence-corrected chi connectivity index (χ1v) is 9.81. The van der Waals surface area contributed by atoms with Crippen LogP contribution in [-0.4, -0.2) is 60.0 Å². The second-order valence-electron chi connectivity index (χ2n) is 8.06. The van der Waals surface area contributed by atoms with Crippen molar-refractivity contribution in [2.75, 3.05) is 13.1 Å². The summed E-state index contributed by atoms with van der Waals surface area (Å²) in [7, 11) is 0. The highest BCUT2D eigenvalue weighted by Gasteiger charge is 2.48. The first-order valence-electron chi connectivity index (χ1n) is 9.81. The molecule has 2 fully saturated rings. The van der Waals surface area contributed by atoms with E-state index in [0.29, 0.717) is 12.5 Å². The first-order chi connectivity index (χ1) is 13.7. The summed E-state index contributed by atoms with van der Waals surface area (Å²) >= 11 is 0. The molecule has 4 heterocycles. The molecule has 1 aliphatic heterocycles. The van der Waals surface area contributed by atoms with E-state index in [9.17, 15) is 10.4 Å². The third-order valence-corrected chi connectivity index (χ3v) is 6.28. The molecule has 0 bridgehead atoms. The summed E-state index contributed by atoms with van der Waals surface area (Å²) in [5.74, 6) is 0. The van der Waals surface area contributed by atoms with Gasteiger partial charge in [-0.15, -0.1) is 0 Å². The van der Waals surface area contributed by atoms with Crippen LogP contribution in [0.5, 0.6) is 0 Å². The minimum atomic E-state index is -0.284. The number of hydrogen-bond acceptors (Lipinski definition) is 6. The van der Waals surface area contributed by atoms with Crippen LogP contribution in [-0.2, 0) is 5.54 Å². The van der Waals surface area contributed by atoms with Gasteiger partial charge in [-0.2, -0.15) is 10.4 Å². The Morgan fingerprint density at radius 2 is 2.07 bits per heavy atom. The molecule has 2 aliphatic rings. The van der Waals surface area contributed by atoms with Gasteiger partial charge >= 0.3 is 0 Å². The van der Waals surface area contributed by atoms with E-state index in [4.69, 9.17) is 0 Å². The molecule has 0 amide bonds. The maximum absolute atomic E-state index is 9.75. The maximum atomic E-state index is 9.75. The van der Waals surface area contributed by atoms with Crippen LogP contribution in [0.25, 0.3) is 22.3 Å². The highest BCUT2D eigenvalue weighted by Crippen LogP contribution is 2.38. The predicted octanol–water partition coefficient (Wildman–Crippen LogP) is 2.05. The van der Waals surface area contributed by atoms with Gasteiger partial charge in [-0.05, 0) is 31.7 Å². The van der Waals surface area contributed by atoms with E-state index >= 15 is 0 Å². The number of fused-ring (bicyclic) bond motifs is 1. The fraction of sp³-hybridized carbons (Fsp3) is 0.500. The van der Waals surface area contributed by atoms with Crippen LogP contribution in [0.2, 0.25) is 0 Å². The van der Waals surface area contributed by atoms with Crippen LogP contribution in [0.1, 0.15) is 32.1 Å². The summed E-state index contributed by atoms with van der Waals surface area (Å²) < 4.78 is 1.96. The molecule has 3 aromatic rings. The number of nitrogens with one attached hydrogen (secondary N) is 1. The summed E-state index contributed by atoms with van der Waals surface area (Å²) in [5, 5.41) is 24.8. The van der Waals surface area contributed by atoms with Crippen molar-refractivity contribution in [3.05, 3.63) is 31.0 Å². The highest BCUT2D eigenvalue weighted by molar-refractivity contribution is 5.89. The molecule has 1 saturated carbocycles. The van der Waals surface area contributed by atoms with E-state index in [1.165, 1.54) is 0 Å². The lowest BCUT2D eigenvalue weighted by molar-refractivity contribution is -0.0462. The Morgan fingerprint density at radius 1 is 1.25 bits per heavy atom. The Hall–Kier alpha value is -2.76. The summed E-state index contributed by atoms with van der Waals surface area (Å²) in [5.41, 5.74) is 2.30. The third-order valence-electron chi connectivity index (χ3n) is 6.28. The second-order valence-corrected chi connectivity index (χ2v) is 8.06. The molecule has 0 radical (unpaired) electrons. The molecule has 1 aliphatic carbocycles. The number of nitrogens with zero attached hydrogens (tertiary/aromatic N) is 6. The van der Waals surface area contributed by atoms with Gasteiger partial charge in [-0.25, -0.2) is 9.97 Å². The number of aliphatic hydroxyl groups excluding tert-OH is 1. The van der Waals surface area contributed by atoms with Crippen molar-refractivity contribution in [3.8, 4) is 17.3 Å². The summed E-state index contributed by atoms with van der Waals surface area (Å²) in [6.07, 6.45) is 11.3. The van der Waals surface area contributed by atoms with Gasteiger partial charge in [0.25, 0.3) is 0 Å². The average Bonchev–Trinajstić information content (AvgIpc) is 3.34. The predicted molar refractivity (Wildman–Crippen MR) is 103 cm³/mol. The molecule has 28 heavy (non-hydrogen) atoms. The zero-order valence-corrected chi connectivity index (χ0v) is 15.6. The van der Waals surface area contributed by atoms with E-state index in [1.54, 1.807) is 6.33 Å². The fourth-order valence-electron chi connectivity index (χ4n) is 4.68. The number of aromatic amines is 1. The quantitative estimate of drug-likeness (QED) is 0.721. The Bertz CT molecular complexity index is 1020. The minimum Gasteiger partial charge on any atom is -0.393 e. The molecule has 0 atom stereocenters. The standard InChI is InChI=1S/C20H23N7O/c21-7-6-20(11-26(12-20)15-1-3-16(28)4-2-15)27-10-14(9-25-27)18-17-5-8-22-19(17)24-13-23-18/h5,8-10,13,15-16,28H,1-4,6,11-12H2,(H,22,23,24)/t15-,16+. The Kier molecular flexibility index (Phi) is 4.14. The van der Waals surface area contributed by atoms with Crippen molar-refractivity contribution >= 4 is 11.0 Å². The monoisotopic (exact) mass is 377 g/mol. The van der Waals surface area contributed by atoms with E-state index in [-0.39, 0.29) is 11.6 Å². The maximum Gasteiger partial charge on any atom is 0.141 e. The number of likely N-dealkylation sites (tertiary alicyclic amines) is 1. The van der Waals surface area contributed by atoms with Gasteiger partial charge in [0.15, 0.2) is 0 Å². The van der Waals surface area contributed by atoms with E-state index in [1.807, 2.05) is 29.3 Å². The smallest absolute Gasteiger partial charge is 0.141 e. The van der Waals surface area contributed by atoms with Gasteiger partial charge in [0.1, 0.15) is 17.5 Å². The Labute approximate surface area is 162 Å². The number of nitriles is 1. The molecule has 0 spiro atoms. The molecular weight excluding hydrogens is 354 g/mol. The molecule has 144 valence electrons. The molecule has 3 aromatic heterocycles. The Morgan fingerprint density at radius 3 is 2.86 bits per heavy atom. The van der Waals surface area contributed by atoms with Crippen LogP contribution in [0, 0.1) is 11.3 Å². The van der Waals surface area contributed by atoms with Crippen molar-refractivity contribution < 1.29 is 5.11 Å². The van der Waals surface area contributed by atoms with Gasteiger partial charge in [0, 0.05) is 42.5 Å². The number of rotatable bonds is 4. The largest absolute Gasteiger partial charge is 0.393 e. The van der Waals surface area contributed by atoms with Crippen LogP contribution in [0.4, 0.5) is 0 Å². The van der Waals surface area contributed by atoms with Crippen molar-refractivity contribution in [2.45, 2.75) is 49.8 Å². The van der Waals surface area contributed by atoms with Crippen molar-refractivity contribution in [1.29, 1.82) is 5.26 Å². The topological polar surface area (TPSA) is 107 Å². The lowest BCUT2D eigenvalue weighted by Gasteiger charge is -2.53. The molecule has 8 heteroatoms. The normalized spacial score (nSPS) is 24.7. The van der Waals surface area contributed by atoms with Gasteiger partial charge in [0.05, 0.1) is 30.5 Å². The second kappa shape index (κ2) is 6.69. The van der Waals surface area contributed by atoms with Crippen LogP contribution in [0.3, 0.4) is 0 Å². The number of H-pyrrole nitrogens is 1. The number of hydrogen-bond donors (Lipinski definition) is 2. The molecule has 8 nitrogen and oxygen atoms in total. The van der Waals surface area contributed by atoms with Gasteiger partial charge in [-0.1, -0.05) is 0 Å². The van der Waals surface area contributed by atoms with Gasteiger partial charge in [-0.3, -0.25) is 9.58 Å². The Balaban J connectivity index is 1.39.